The minimum atomic E-state index is 0.727. The Balaban J connectivity index is 1.55. The summed E-state index contributed by atoms with van der Waals surface area (Å²) in [6.07, 6.45) is 4.94. The van der Waals surface area contributed by atoms with Gasteiger partial charge >= 0.3 is 0 Å². The second kappa shape index (κ2) is 5.83. The zero-order chi connectivity index (χ0) is 13.1. The average molecular weight is 260 g/mol. The SMILES string of the molecule is CN1CCC(COc2ccc3c(c2)CCCN3)CC1. The summed E-state index contributed by atoms with van der Waals surface area (Å²) in [7, 11) is 2.20. The molecule has 0 aromatic heterocycles. The van der Waals surface area contributed by atoms with Crippen LogP contribution in [0.5, 0.6) is 5.75 Å². The normalized spacial score (nSPS) is 20.7. The Labute approximate surface area is 115 Å². The number of ether oxygens (including phenoxy) is 1. The Kier molecular flexibility index (Phi) is 3.92. The third kappa shape index (κ3) is 3.21. The number of fused-ring (bicyclic) bond motifs is 1. The van der Waals surface area contributed by atoms with Gasteiger partial charge < -0.3 is 15.0 Å². The van der Waals surface area contributed by atoms with E-state index in [0.29, 0.717) is 0 Å². The van der Waals surface area contributed by atoms with E-state index in [1.807, 2.05) is 0 Å². The van der Waals surface area contributed by atoms with Crippen molar-refractivity contribution in [2.75, 3.05) is 38.6 Å². The lowest BCUT2D eigenvalue weighted by atomic mass is 9.98. The van der Waals surface area contributed by atoms with Gasteiger partial charge in [0.2, 0.25) is 0 Å². The minimum Gasteiger partial charge on any atom is -0.493 e. The van der Waals surface area contributed by atoms with Crippen molar-refractivity contribution in [3.05, 3.63) is 23.8 Å². The highest BCUT2D eigenvalue weighted by atomic mass is 16.5. The molecule has 1 aromatic rings. The summed E-state index contributed by atoms with van der Waals surface area (Å²) in [6.45, 7) is 4.40. The van der Waals surface area contributed by atoms with E-state index in [2.05, 4.69) is 35.5 Å². The first-order valence-electron chi connectivity index (χ1n) is 7.49. The van der Waals surface area contributed by atoms with Crippen LogP contribution in [0, 0.1) is 5.92 Å². The number of benzene rings is 1. The molecule has 3 nitrogen and oxygen atoms in total. The van der Waals surface area contributed by atoms with E-state index in [1.165, 1.54) is 50.0 Å². The van der Waals surface area contributed by atoms with E-state index in [9.17, 15) is 0 Å². The van der Waals surface area contributed by atoms with Crippen molar-refractivity contribution in [3.63, 3.8) is 0 Å². The molecule has 0 saturated carbocycles. The van der Waals surface area contributed by atoms with Crippen LogP contribution in [0.2, 0.25) is 0 Å². The van der Waals surface area contributed by atoms with Crippen LogP contribution in [0.3, 0.4) is 0 Å². The standard InChI is InChI=1S/C16H24N2O/c1-18-9-6-13(7-10-18)12-19-15-4-5-16-14(11-15)3-2-8-17-16/h4-5,11,13,17H,2-3,6-10,12H2,1H3. The molecule has 0 atom stereocenters. The van der Waals surface area contributed by atoms with Crippen molar-refractivity contribution in [3.8, 4) is 5.75 Å². The molecule has 0 radical (unpaired) electrons. The Morgan fingerprint density at radius 1 is 1.32 bits per heavy atom. The lowest BCUT2D eigenvalue weighted by Gasteiger charge is -2.28. The zero-order valence-corrected chi connectivity index (χ0v) is 11.8. The molecule has 19 heavy (non-hydrogen) atoms. The number of likely N-dealkylation sites (tertiary alicyclic amines) is 1. The number of rotatable bonds is 3. The van der Waals surface area contributed by atoms with E-state index in [0.717, 1.165) is 24.8 Å². The van der Waals surface area contributed by atoms with Gasteiger partial charge in [-0.1, -0.05) is 0 Å². The highest BCUT2D eigenvalue weighted by molar-refractivity contribution is 5.55. The second-order valence-electron chi connectivity index (χ2n) is 5.91. The molecule has 0 bridgehead atoms. The van der Waals surface area contributed by atoms with Crippen LogP contribution in [0.15, 0.2) is 18.2 Å². The van der Waals surface area contributed by atoms with E-state index < -0.39 is 0 Å². The van der Waals surface area contributed by atoms with Gasteiger partial charge in [0, 0.05) is 12.2 Å². The lowest BCUT2D eigenvalue weighted by molar-refractivity contribution is 0.160. The number of nitrogens with zero attached hydrogens (tertiary/aromatic N) is 1. The molecule has 1 aromatic carbocycles. The van der Waals surface area contributed by atoms with Crippen molar-refractivity contribution in [1.29, 1.82) is 0 Å². The monoisotopic (exact) mass is 260 g/mol. The predicted octanol–water partition coefficient (Wildman–Crippen LogP) is 2.77. The first-order chi connectivity index (χ1) is 9.31. The molecule has 0 spiro atoms. The molecular weight excluding hydrogens is 236 g/mol. The van der Waals surface area contributed by atoms with Crippen LogP contribution < -0.4 is 10.1 Å². The number of nitrogens with one attached hydrogen (secondary N) is 1. The zero-order valence-electron chi connectivity index (χ0n) is 11.8. The number of anilines is 1. The fraction of sp³-hybridized carbons (Fsp3) is 0.625. The highest BCUT2D eigenvalue weighted by Crippen LogP contribution is 2.27. The van der Waals surface area contributed by atoms with Crippen molar-refractivity contribution < 1.29 is 4.74 Å². The summed E-state index contributed by atoms with van der Waals surface area (Å²) < 4.78 is 6.00. The Bertz CT molecular complexity index is 425. The van der Waals surface area contributed by atoms with Crippen LogP contribution in [0.1, 0.15) is 24.8 Å². The summed E-state index contributed by atoms with van der Waals surface area (Å²) in [5.41, 5.74) is 2.70. The first kappa shape index (κ1) is 12.8. The smallest absolute Gasteiger partial charge is 0.119 e. The predicted molar refractivity (Wildman–Crippen MR) is 79.0 cm³/mol. The largest absolute Gasteiger partial charge is 0.493 e. The molecule has 0 unspecified atom stereocenters. The second-order valence-corrected chi connectivity index (χ2v) is 5.91. The van der Waals surface area contributed by atoms with Gasteiger partial charge in [0.25, 0.3) is 0 Å². The average Bonchev–Trinajstić information content (AvgIpc) is 2.46. The van der Waals surface area contributed by atoms with Gasteiger partial charge in [-0.15, -0.1) is 0 Å². The quantitative estimate of drug-likeness (QED) is 0.904. The van der Waals surface area contributed by atoms with Gasteiger partial charge in [0.05, 0.1) is 6.61 Å². The van der Waals surface area contributed by atoms with Crippen molar-refractivity contribution in [2.45, 2.75) is 25.7 Å². The fourth-order valence-electron chi connectivity index (χ4n) is 2.98. The van der Waals surface area contributed by atoms with Crippen LogP contribution in [-0.4, -0.2) is 38.2 Å². The molecule has 2 aliphatic rings. The highest BCUT2D eigenvalue weighted by Gasteiger charge is 2.17. The van der Waals surface area contributed by atoms with Crippen LogP contribution in [-0.2, 0) is 6.42 Å². The molecule has 104 valence electrons. The summed E-state index contributed by atoms with van der Waals surface area (Å²) >= 11 is 0. The molecule has 1 fully saturated rings. The minimum absolute atomic E-state index is 0.727. The third-order valence-corrected chi connectivity index (χ3v) is 4.34. The van der Waals surface area contributed by atoms with E-state index in [-0.39, 0.29) is 0 Å². The van der Waals surface area contributed by atoms with Gasteiger partial charge in [0.1, 0.15) is 5.75 Å². The molecule has 3 rings (SSSR count). The van der Waals surface area contributed by atoms with Crippen LogP contribution >= 0.6 is 0 Å². The summed E-state index contributed by atoms with van der Waals surface area (Å²) in [5, 5.41) is 3.44. The maximum absolute atomic E-state index is 6.00. The van der Waals surface area contributed by atoms with Gasteiger partial charge in [-0.25, -0.2) is 0 Å². The molecule has 0 aliphatic carbocycles. The topological polar surface area (TPSA) is 24.5 Å². The van der Waals surface area contributed by atoms with Crippen molar-refractivity contribution in [2.24, 2.45) is 5.92 Å². The van der Waals surface area contributed by atoms with Gasteiger partial charge in [0.15, 0.2) is 0 Å². The molecule has 1 N–H and O–H groups in total. The van der Waals surface area contributed by atoms with E-state index in [4.69, 9.17) is 4.74 Å². The molecule has 2 heterocycles. The van der Waals surface area contributed by atoms with Crippen molar-refractivity contribution >= 4 is 5.69 Å². The molecule has 1 saturated heterocycles. The van der Waals surface area contributed by atoms with E-state index >= 15 is 0 Å². The Morgan fingerprint density at radius 3 is 3.00 bits per heavy atom. The summed E-state index contributed by atoms with van der Waals surface area (Å²) in [4.78, 5) is 2.40. The number of aryl methyl sites for hydroxylation is 1. The maximum Gasteiger partial charge on any atom is 0.119 e. The Hall–Kier alpha value is -1.22. The van der Waals surface area contributed by atoms with Gasteiger partial charge in [-0.2, -0.15) is 0 Å². The number of piperidine rings is 1. The van der Waals surface area contributed by atoms with Crippen molar-refractivity contribution in [1.82, 2.24) is 4.90 Å². The lowest BCUT2D eigenvalue weighted by Crippen LogP contribution is -2.32. The number of hydrogen-bond acceptors (Lipinski definition) is 3. The van der Waals surface area contributed by atoms with Crippen LogP contribution in [0.4, 0.5) is 5.69 Å². The van der Waals surface area contributed by atoms with Gasteiger partial charge in [-0.05, 0) is 75.5 Å². The van der Waals surface area contributed by atoms with E-state index in [1.54, 1.807) is 0 Å². The Morgan fingerprint density at radius 2 is 2.16 bits per heavy atom. The fourth-order valence-corrected chi connectivity index (χ4v) is 2.98. The van der Waals surface area contributed by atoms with Gasteiger partial charge in [-0.3, -0.25) is 0 Å². The maximum atomic E-state index is 6.00. The number of hydrogen-bond donors (Lipinski definition) is 1. The van der Waals surface area contributed by atoms with Crippen LogP contribution in [0.25, 0.3) is 0 Å². The third-order valence-electron chi connectivity index (χ3n) is 4.34. The molecule has 0 amide bonds. The molecular formula is C16H24N2O. The summed E-state index contributed by atoms with van der Waals surface area (Å²) in [6, 6.07) is 6.49. The molecule has 2 aliphatic heterocycles. The molecule has 3 heteroatoms. The first-order valence-corrected chi connectivity index (χ1v) is 7.49. The summed E-state index contributed by atoms with van der Waals surface area (Å²) in [5.74, 6) is 1.77.